The molecule has 2 N–H and O–H groups in total. The van der Waals surface area contributed by atoms with Crippen LogP contribution >= 0.6 is 15.9 Å². The lowest BCUT2D eigenvalue weighted by atomic mass is 9.77. The van der Waals surface area contributed by atoms with Gasteiger partial charge in [-0.15, -0.1) is 0 Å². The molecule has 2 aliphatic rings. The number of anilines is 1. The third-order valence-corrected chi connectivity index (χ3v) is 8.11. The van der Waals surface area contributed by atoms with Gasteiger partial charge in [0.05, 0.1) is 10.9 Å². The molecule has 0 spiro atoms. The maximum Gasteiger partial charge on any atom is 0.240 e. The zero-order valence-corrected chi connectivity index (χ0v) is 19.2. The maximum atomic E-state index is 12.9. The molecule has 3 atom stereocenters. The van der Waals surface area contributed by atoms with E-state index in [1.54, 1.807) is 6.07 Å². The van der Waals surface area contributed by atoms with Gasteiger partial charge in [-0.2, -0.15) is 0 Å². The van der Waals surface area contributed by atoms with Gasteiger partial charge in [-0.3, -0.25) is 0 Å². The molecule has 3 unspecified atom stereocenters. The summed E-state index contributed by atoms with van der Waals surface area (Å²) >= 11 is 3.51. The molecule has 0 bridgehead atoms. The second-order valence-electron chi connectivity index (χ2n) is 8.09. The number of sulfonamides is 1. The molecule has 1 aliphatic heterocycles. The highest BCUT2D eigenvalue weighted by Gasteiger charge is 2.38. The van der Waals surface area contributed by atoms with Gasteiger partial charge in [0, 0.05) is 22.6 Å². The van der Waals surface area contributed by atoms with Gasteiger partial charge in [0.1, 0.15) is 0 Å². The van der Waals surface area contributed by atoms with Crippen LogP contribution in [0.1, 0.15) is 35.1 Å². The number of hydrogen-bond donors (Lipinski definition) is 2. The number of nitrogens with one attached hydrogen (secondary N) is 2. The monoisotopic (exact) mass is 494 g/mol. The molecule has 1 aliphatic carbocycles. The molecule has 0 radical (unpaired) electrons. The van der Waals surface area contributed by atoms with Crippen LogP contribution in [0, 0.1) is 5.92 Å². The van der Waals surface area contributed by atoms with Gasteiger partial charge < -0.3 is 5.32 Å². The molecular weight excluding hydrogens is 472 g/mol. The van der Waals surface area contributed by atoms with E-state index in [0.29, 0.717) is 10.8 Å². The molecule has 0 fully saturated rings. The van der Waals surface area contributed by atoms with Crippen LogP contribution in [0.25, 0.3) is 0 Å². The Bertz CT molecular complexity index is 1220. The molecule has 0 saturated heterocycles. The Morgan fingerprint density at radius 3 is 2.55 bits per heavy atom. The second kappa shape index (κ2) is 8.26. The van der Waals surface area contributed by atoms with E-state index in [4.69, 9.17) is 0 Å². The SMILES string of the molecule is O=S(=O)(NCc1ccccc1)c1ccc2c(c1)C1C=CCC1C(c1ccc(Br)cc1)N2. The van der Waals surface area contributed by atoms with Crippen molar-refractivity contribution >= 4 is 31.6 Å². The molecular formula is C25H23BrN2O2S. The fraction of sp³-hybridized carbons (Fsp3) is 0.200. The summed E-state index contributed by atoms with van der Waals surface area (Å²) < 4.78 is 29.7. The summed E-state index contributed by atoms with van der Waals surface area (Å²) in [6, 6.07) is 23.6. The van der Waals surface area contributed by atoms with Crippen molar-refractivity contribution in [1.29, 1.82) is 0 Å². The highest BCUT2D eigenvalue weighted by Crippen LogP contribution is 2.50. The van der Waals surface area contributed by atoms with E-state index in [-0.39, 0.29) is 18.5 Å². The summed E-state index contributed by atoms with van der Waals surface area (Å²) in [7, 11) is -3.60. The van der Waals surface area contributed by atoms with Crippen LogP contribution in [-0.2, 0) is 16.6 Å². The number of fused-ring (bicyclic) bond motifs is 3. The molecule has 3 aromatic rings. The molecule has 4 nitrogen and oxygen atoms in total. The standard InChI is InChI=1S/C25H23BrN2O2S/c26-19-11-9-18(10-12-19)25-22-8-4-7-21(22)23-15-20(13-14-24(23)28-25)31(29,30)27-16-17-5-2-1-3-6-17/h1-7,9-15,21-22,25,27-28H,8,16H2. The first kappa shape index (κ1) is 20.5. The lowest BCUT2D eigenvalue weighted by Gasteiger charge is -2.37. The minimum atomic E-state index is -3.60. The average molecular weight is 495 g/mol. The van der Waals surface area contributed by atoms with Crippen LogP contribution in [0.3, 0.4) is 0 Å². The Morgan fingerprint density at radius 1 is 1.00 bits per heavy atom. The van der Waals surface area contributed by atoms with Crippen molar-refractivity contribution in [2.24, 2.45) is 5.92 Å². The Kier molecular flexibility index (Phi) is 5.46. The Morgan fingerprint density at radius 2 is 1.77 bits per heavy atom. The van der Waals surface area contributed by atoms with Crippen molar-refractivity contribution in [2.45, 2.75) is 29.8 Å². The summed E-state index contributed by atoms with van der Waals surface area (Å²) in [4.78, 5) is 0.310. The molecule has 5 rings (SSSR count). The first-order chi connectivity index (χ1) is 15.0. The predicted molar refractivity (Wildman–Crippen MR) is 127 cm³/mol. The summed E-state index contributed by atoms with van der Waals surface area (Å²) in [5, 5.41) is 3.67. The zero-order chi connectivity index (χ0) is 21.4. The summed E-state index contributed by atoms with van der Waals surface area (Å²) in [5.41, 5.74) is 4.23. The van der Waals surface area contributed by atoms with Gasteiger partial charge in [0.2, 0.25) is 10.0 Å². The minimum Gasteiger partial charge on any atom is -0.378 e. The van der Waals surface area contributed by atoms with Crippen LogP contribution in [0.5, 0.6) is 0 Å². The van der Waals surface area contributed by atoms with Crippen LogP contribution < -0.4 is 10.0 Å². The fourth-order valence-corrected chi connectivity index (χ4v) is 5.91. The quantitative estimate of drug-likeness (QED) is 0.443. The fourth-order valence-electron chi connectivity index (χ4n) is 4.60. The van der Waals surface area contributed by atoms with Gasteiger partial charge in [0.15, 0.2) is 0 Å². The first-order valence-electron chi connectivity index (χ1n) is 10.4. The number of allylic oxidation sites excluding steroid dienone is 2. The smallest absolute Gasteiger partial charge is 0.240 e. The van der Waals surface area contributed by atoms with E-state index in [0.717, 1.165) is 27.7 Å². The molecule has 1 heterocycles. The highest BCUT2D eigenvalue weighted by atomic mass is 79.9. The zero-order valence-electron chi connectivity index (χ0n) is 16.8. The van der Waals surface area contributed by atoms with Crippen molar-refractivity contribution in [1.82, 2.24) is 4.72 Å². The van der Waals surface area contributed by atoms with Crippen molar-refractivity contribution in [2.75, 3.05) is 5.32 Å². The van der Waals surface area contributed by atoms with E-state index in [2.05, 4.69) is 62.4 Å². The number of rotatable bonds is 5. The van der Waals surface area contributed by atoms with Gasteiger partial charge in [-0.05, 0) is 59.4 Å². The molecule has 3 aromatic carbocycles. The van der Waals surface area contributed by atoms with Gasteiger partial charge >= 0.3 is 0 Å². The summed E-state index contributed by atoms with van der Waals surface area (Å²) in [6.45, 7) is 0.274. The lowest BCUT2D eigenvalue weighted by molar-refractivity contribution is 0.425. The van der Waals surface area contributed by atoms with E-state index in [1.165, 1.54) is 5.56 Å². The molecule has 158 valence electrons. The highest BCUT2D eigenvalue weighted by molar-refractivity contribution is 9.10. The van der Waals surface area contributed by atoms with Crippen molar-refractivity contribution in [3.05, 3.63) is 106 Å². The minimum absolute atomic E-state index is 0.194. The van der Waals surface area contributed by atoms with Crippen molar-refractivity contribution in [3.63, 3.8) is 0 Å². The molecule has 0 aromatic heterocycles. The van der Waals surface area contributed by atoms with Crippen LogP contribution in [0.2, 0.25) is 0 Å². The van der Waals surface area contributed by atoms with Gasteiger partial charge in [-0.1, -0.05) is 70.5 Å². The third kappa shape index (κ3) is 4.07. The van der Waals surface area contributed by atoms with Crippen LogP contribution in [0.15, 0.2) is 94.3 Å². The molecule has 6 heteroatoms. The Balaban J connectivity index is 1.43. The molecule has 0 amide bonds. The van der Waals surface area contributed by atoms with Gasteiger partial charge in [-0.25, -0.2) is 13.1 Å². The Labute approximate surface area is 191 Å². The van der Waals surface area contributed by atoms with E-state index >= 15 is 0 Å². The van der Waals surface area contributed by atoms with Gasteiger partial charge in [0.25, 0.3) is 0 Å². The van der Waals surface area contributed by atoms with E-state index in [9.17, 15) is 8.42 Å². The summed E-state index contributed by atoms with van der Waals surface area (Å²) in [5.74, 6) is 0.568. The van der Waals surface area contributed by atoms with Crippen LogP contribution in [-0.4, -0.2) is 8.42 Å². The Hall–Kier alpha value is -2.41. The first-order valence-corrected chi connectivity index (χ1v) is 12.6. The number of hydrogen-bond acceptors (Lipinski definition) is 3. The van der Waals surface area contributed by atoms with E-state index < -0.39 is 10.0 Å². The predicted octanol–water partition coefficient (Wildman–Crippen LogP) is 5.75. The van der Waals surface area contributed by atoms with Crippen molar-refractivity contribution < 1.29 is 8.42 Å². The summed E-state index contributed by atoms with van der Waals surface area (Å²) in [6.07, 6.45) is 5.41. The normalized spacial score (nSPS) is 21.9. The second-order valence-corrected chi connectivity index (χ2v) is 10.8. The third-order valence-electron chi connectivity index (χ3n) is 6.18. The number of halogens is 1. The van der Waals surface area contributed by atoms with Crippen molar-refractivity contribution in [3.8, 4) is 0 Å². The van der Waals surface area contributed by atoms with Crippen LogP contribution in [0.4, 0.5) is 5.69 Å². The number of benzene rings is 3. The molecule has 31 heavy (non-hydrogen) atoms. The lowest BCUT2D eigenvalue weighted by Crippen LogP contribution is -2.29. The average Bonchev–Trinajstić information content (AvgIpc) is 3.29. The topological polar surface area (TPSA) is 58.2 Å². The molecule has 0 saturated carbocycles. The maximum absolute atomic E-state index is 12.9. The van der Waals surface area contributed by atoms with E-state index in [1.807, 2.05) is 42.5 Å². The largest absolute Gasteiger partial charge is 0.378 e.